The molecule has 1 aromatic rings. The van der Waals surface area contributed by atoms with Gasteiger partial charge in [0.05, 0.1) is 11.7 Å². The van der Waals surface area contributed by atoms with Crippen LogP contribution in [0.25, 0.3) is 0 Å². The van der Waals surface area contributed by atoms with E-state index in [1.807, 2.05) is 29.4 Å². The van der Waals surface area contributed by atoms with Gasteiger partial charge in [-0.15, -0.1) is 11.3 Å². The van der Waals surface area contributed by atoms with Crippen molar-refractivity contribution < 1.29 is 4.79 Å². The van der Waals surface area contributed by atoms with E-state index >= 15 is 0 Å². The number of hydrogen-bond donors (Lipinski definition) is 2. The normalized spacial score (nSPS) is 16.3. The highest BCUT2D eigenvalue weighted by atomic mass is 32.1. The average Bonchev–Trinajstić information content (AvgIpc) is 2.91. The predicted molar refractivity (Wildman–Crippen MR) is 65.3 cm³/mol. The SMILES string of the molecule is CCN(C(=O)Nc1cccs1)N1CCNC1. The van der Waals surface area contributed by atoms with Gasteiger partial charge in [-0.2, -0.15) is 0 Å². The first-order valence-electron chi connectivity index (χ1n) is 5.39. The molecule has 0 radical (unpaired) electrons. The van der Waals surface area contributed by atoms with Crippen LogP contribution >= 0.6 is 11.3 Å². The summed E-state index contributed by atoms with van der Waals surface area (Å²) in [7, 11) is 0. The second kappa shape index (κ2) is 5.29. The van der Waals surface area contributed by atoms with Gasteiger partial charge in [-0.1, -0.05) is 0 Å². The second-order valence-electron chi connectivity index (χ2n) is 3.51. The van der Waals surface area contributed by atoms with Crippen molar-refractivity contribution in [3.8, 4) is 0 Å². The summed E-state index contributed by atoms with van der Waals surface area (Å²) in [6.45, 7) is 5.21. The van der Waals surface area contributed by atoms with Crippen LogP contribution in [-0.2, 0) is 0 Å². The summed E-state index contributed by atoms with van der Waals surface area (Å²) in [6, 6.07) is 3.76. The minimum absolute atomic E-state index is 0.0614. The van der Waals surface area contributed by atoms with Crippen LogP contribution < -0.4 is 10.6 Å². The van der Waals surface area contributed by atoms with E-state index in [0.29, 0.717) is 6.54 Å². The van der Waals surface area contributed by atoms with Crippen LogP contribution in [0.4, 0.5) is 9.80 Å². The predicted octanol–water partition coefficient (Wildman–Crippen LogP) is 1.38. The van der Waals surface area contributed by atoms with Crippen molar-refractivity contribution in [3.05, 3.63) is 17.5 Å². The molecule has 16 heavy (non-hydrogen) atoms. The number of anilines is 1. The molecule has 0 unspecified atom stereocenters. The second-order valence-corrected chi connectivity index (χ2v) is 4.46. The van der Waals surface area contributed by atoms with Gasteiger partial charge in [0.15, 0.2) is 0 Å². The third-order valence-corrected chi connectivity index (χ3v) is 3.25. The lowest BCUT2D eigenvalue weighted by molar-refractivity contribution is 0.0469. The number of urea groups is 1. The van der Waals surface area contributed by atoms with Gasteiger partial charge in [0.25, 0.3) is 0 Å². The lowest BCUT2D eigenvalue weighted by Crippen LogP contribution is -2.47. The van der Waals surface area contributed by atoms with E-state index < -0.39 is 0 Å². The number of hydrazine groups is 1. The van der Waals surface area contributed by atoms with Gasteiger partial charge in [0.2, 0.25) is 0 Å². The number of hydrogen-bond acceptors (Lipinski definition) is 4. The Morgan fingerprint density at radius 1 is 1.75 bits per heavy atom. The first kappa shape index (κ1) is 11.4. The van der Waals surface area contributed by atoms with Crippen molar-refractivity contribution in [3.63, 3.8) is 0 Å². The molecule has 2 heterocycles. The molecule has 2 N–H and O–H groups in total. The van der Waals surface area contributed by atoms with E-state index in [-0.39, 0.29) is 6.03 Å². The molecule has 1 aliphatic heterocycles. The van der Waals surface area contributed by atoms with Gasteiger partial charge in [0.1, 0.15) is 0 Å². The average molecular weight is 240 g/mol. The summed E-state index contributed by atoms with van der Waals surface area (Å²) >= 11 is 1.53. The van der Waals surface area contributed by atoms with E-state index in [9.17, 15) is 4.79 Å². The highest BCUT2D eigenvalue weighted by molar-refractivity contribution is 7.14. The first-order chi connectivity index (χ1) is 7.81. The molecule has 2 rings (SSSR count). The van der Waals surface area contributed by atoms with Crippen molar-refractivity contribution in [2.24, 2.45) is 0 Å². The van der Waals surface area contributed by atoms with Crippen LogP contribution in [0.2, 0.25) is 0 Å². The van der Waals surface area contributed by atoms with Crippen LogP contribution in [-0.4, -0.2) is 42.4 Å². The van der Waals surface area contributed by atoms with Crippen LogP contribution in [0, 0.1) is 0 Å². The lowest BCUT2D eigenvalue weighted by Gasteiger charge is -2.29. The number of thiophene rings is 1. The Morgan fingerprint density at radius 3 is 3.19 bits per heavy atom. The summed E-state index contributed by atoms with van der Waals surface area (Å²) in [6.07, 6.45) is 0. The Bertz CT molecular complexity index is 335. The Hall–Kier alpha value is -1.11. The fourth-order valence-corrected chi connectivity index (χ4v) is 2.30. The third-order valence-electron chi connectivity index (χ3n) is 2.47. The number of nitrogens with zero attached hydrogens (tertiary/aromatic N) is 2. The molecule has 1 aliphatic rings. The van der Waals surface area contributed by atoms with Gasteiger partial charge in [-0.3, -0.25) is 10.3 Å². The molecule has 1 aromatic heterocycles. The number of rotatable bonds is 3. The van der Waals surface area contributed by atoms with Crippen molar-refractivity contribution in [2.75, 3.05) is 31.6 Å². The van der Waals surface area contributed by atoms with E-state index in [4.69, 9.17) is 0 Å². The maximum absolute atomic E-state index is 12.0. The standard InChI is InChI=1S/C10H16N4OS/c1-2-14(13-6-5-11-8-13)10(15)12-9-4-3-7-16-9/h3-4,7,11H,2,5-6,8H2,1H3,(H,12,15). The van der Waals surface area contributed by atoms with Gasteiger partial charge >= 0.3 is 6.03 Å². The van der Waals surface area contributed by atoms with Gasteiger partial charge in [-0.25, -0.2) is 9.80 Å². The molecule has 0 saturated carbocycles. The molecular formula is C10H16N4OS. The van der Waals surface area contributed by atoms with Crippen LogP contribution in [0.3, 0.4) is 0 Å². The Balaban J connectivity index is 1.95. The Labute approximate surface area is 99.0 Å². The lowest BCUT2D eigenvalue weighted by atomic mass is 10.6. The zero-order chi connectivity index (χ0) is 11.4. The van der Waals surface area contributed by atoms with E-state index in [2.05, 4.69) is 10.6 Å². The maximum Gasteiger partial charge on any atom is 0.337 e. The van der Waals surface area contributed by atoms with Crippen molar-refractivity contribution in [1.29, 1.82) is 0 Å². The zero-order valence-corrected chi connectivity index (χ0v) is 10.1. The summed E-state index contributed by atoms with van der Waals surface area (Å²) in [5.74, 6) is 0. The highest BCUT2D eigenvalue weighted by Crippen LogP contribution is 2.16. The van der Waals surface area contributed by atoms with E-state index in [1.165, 1.54) is 11.3 Å². The molecule has 1 fully saturated rings. The van der Waals surface area contributed by atoms with Crippen LogP contribution in [0.5, 0.6) is 0 Å². The highest BCUT2D eigenvalue weighted by Gasteiger charge is 2.22. The molecule has 0 aromatic carbocycles. The largest absolute Gasteiger partial charge is 0.337 e. The first-order valence-corrected chi connectivity index (χ1v) is 6.27. The minimum Gasteiger partial charge on any atom is -0.302 e. The number of amides is 2. The molecule has 2 amide bonds. The molecule has 0 spiro atoms. The topological polar surface area (TPSA) is 47.6 Å². The fourth-order valence-electron chi connectivity index (χ4n) is 1.69. The van der Waals surface area contributed by atoms with Crippen molar-refractivity contribution in [1.82, 2.24) is 15.3 Å². The molecule has 5 nitrogen and oxygen atoms in total. The summed E-state index contributed by atoms with van der Waals surface area (Å²) in [5, 5.41) is 12.7. The fraction of sp³-hybridized carbons (Fsp3) is 0.500. The number of carbonyl (C=O) groups is 1. The van der Waals surface area contributed by atoms with Crippen molar-refractivity contribution >= 4 is 22.4 Å². The molecule has 1 saturated heterocycles. The molecule has 88 valence electrons. The molecule has 0 aliphatic carbocycles. The smallest absolute Gasteiger partial charge is 0.302 e. The van der Waals surface area contributed by atoms with E-state index in [1.54, 1.807) is 5.01 Å². The Morgan fingerprint density at radius 2 is 2.62 bits per heavy atom. The van der Waals surface area contributed by atoms with Crippen LogP contribution in [0.1, 0.15) is 6.92 Å². The van der Waals surface area contributed by atoms with Gasteiger partial charge in [0, 0.05) is 19.6 Å². The number of nitrogens with one attached hydrogen (secondary N) is 2. The summed E-state index contributed by atoms with van der Waals surface area (Å²) in [5.41, 5.74) is 0. The molecular weight excluding hydrogens is 224 g/mol. The molecule has 0 bridgehead atoms. The van der Waals surface area contributed by atoms with Crippen LogP contribution in [0.15, 0.2) is 17.5 Å². The quantitative estimate of drug-likeness (QED) is 0.839. The third kappa shape index (κ3) is 2.52. The number of carbonyl (C=O) groups excluding carboxylic acids is 1. The van der Waals surface area contributed by atoms with Crippen molar-refractivity contribution in [2.45, 2.75) is 6.92 Å². The monoisotopic (exact) mass is 240 g/mol. The minimum atomic E-state index is -0.0614. The van der Waals surface area contributed by atoms with Gasteiger partial charge < -0.3 is 5.32 Å². The zero-order valence-electron chi connectivity index (χ0n) is 9.27. The molecule has 0 atom stereocenters. The Kier molecular flexibility index (Phi) is 3.76. The molecule has 6 heteroatoms. The van der Waals surface area contributed by atoms with Gasteiger partial charge in [-0.05, 0) is 24.4 Å². The maximum atomic E-state index is 12.0. The summed E-state index contributed by atoms with van der Waals surface area (Å²) in [4.78, 5) is 12.0. The van der Waals surface area contributed by atoms with E-state index in [0.717, 1.165) is 24.8 Å². The summed E-state index contributed by atoms with van der Waals surface area (Å²) < 4.78 is 0.